The Labute approximate surface area is 112 Å². The molecule has 2 aromatic rings. The molecule has 1 aromatic heterocycles. The Morgan fingerprint density at radius 1 is 1.39 bits per heavy atom. The summed E-state index contributed by atoms with van der Waals surface area (Å²) >= 11 is 5.14. The summed E-state index contributed by atoms with van der Waals surface area (Å²) in [4.78, 5) is 0. The number of nitrogens with one attached hydrogen (secondary N) is 1. The first-order chi connectivity index (χ1) is 8.61. The highest BCUT2D eigenvalue weighted by Gasteiger charge is 2.06. The summed E-state index contributed by atoms with van der Waals surface area (Å²) in [5.41, 5.74) is 2.36. The van der Waals surface area contributed by atoms with Gasteiger partial charge in [0.2, 0.25) is 0 Å². The molecule has 1 N–H and O–H groups in total. The van der Waals surface area contributed by atoms with Crippen LogP contribution in [0.1, 0.15) is 23.9 Å². The first kappa shape index (κ1) is 12.8. The molecule has 1 heterocycles. The van der Waals surface area contributed by atoms with Crippen LogP contribution < -0.4 is 4.74 Å². The third kappa shape index (κ3) is 2.61. The number of aryl methyl sites for hydroxylation is 2. The summed E-state index contributed by atoms with van der Waals surface area (Å²) in [6.45, 7) is 7.36. The molecule has 0 saturated carbocycles. The van der Waals surface area contributed by atoms with Crippen LogP contribution in [0.4, 0.5) is 0 Å². The molecule has 0 atom stereocenters. The average Bonchev–Trinajstić information content (AvgIpc) is 2.69. The molecule has 4 nitrogen and oxygen atoms in total. The standard InChI is InChI=1S/C13H17N3OS/c1-4-16-12(14-15-13(16)18)8-17-11-6-5-9(2)7-10(11)3/h5-7H,4,8H2,1-3H3,(H,15,18). The minimum absolute atomic E-state index is 0.422. The number of hydrogen-bond donors (Lipinski definition) is 1. The molecule has 5 heteroatoms. The van der Waals surface area contributed by atoms with Gasteiger partial charge in [-0.15, -0.1) is 0 Å². The molecule has 0 amide bonds. The lowest BCUT2D eigenvalue weighted by atomic mass is 10.1. The van der Waals surface area contributed by atoms with Crippen LogP contribution in [0.25, 0.3) is 0 Å². The van der Waals surface area contributed by atoms with E-state index < -0.39 is 0 Å². The highest BCUT2D eigenvalue weighted by Crippen LogP contribution is 2.19. The van der Waals surface area contributed by atoms with Gasteiger partial charge < -0.3 is 9.30 Å². The zero-order valence-corrected chi connectivity index (χ0v) is 11.7. The zero-order chi connectivity index (χ0) is 13.1. The molecule has 0 spiro atoms. The van der Waals surface area contributed by atoms with Gasteiger partial charge in [0.1, 0.15) is 12.4 Å². The molecule has 0 saturated heterocycles. The van der Waals surface area contributed by atoms with Gasteiger partial charge in [-0.1, -0.05) is 17.7 Å². The molecular formula is C13H17N3OS. The summed E-state index contributed by atoms with van der Waals surface area (Å²) < 4.78 is 8.35. The summed E-state index contributed by atoms with van der Waals surface area (Å²) in [7, 11) is 0. The maximum absolute atomic E-state index is 5.78. The van der Waals surface area contributed by atoms with Crippen molar-refractivity contribution in [1.82, 2.24) is 14.8 Å². The molecule has 0 bridgehead atoms. The number of hydrogen-bond acceptors (Lipinski definition) is 3. The van der Waals surface area contributed by atoms with E-state index in [1.54, 1.807) is 0 Å². The smallest absolute Gasteiger partial charge is 0.195 e. The molecule has 0 aliphatic heterocycles. The molecule has 0 fully saturated rings. The first-order valence-electron chi connectivity index (χ1n) is 5.96. The van der Waals surface area contributed by atoms with Crippen molar-refractivity contribution in [2.75, 3.05) is 0 Å². The van der Waals surface area contributed by atoms with Crippen LogP contribution in [0.15, 0.2) is 18.2 Å². The summed E-state index contributed by atoms with van der Waals surface area (Å²) in [5, 5.41) is 6.95. The topological polar surface area (TPSA) is 42.8 Å². The lowest BCUT2D eigenvalue weighted by molar-refractivity contribution is 0.287. The van der Waals surface area contributed by atoms with Gasteiger partial charge in [-0.05, 0) is 44.6 Å². The van der Waals surface area contributed by atoms with Crippen molar-refractivity contribution in [2.45, 2.75) is 33.9 Å². The third-order valence-electron chi connectivity index (χ3n) is 2.84. The quantitative estimate of drug-likeness (QED) is 0.862. The number of rotatable bonds is 4. The van der Waals surface area contributed by atoms with Crippen molar-refractivity contribution < 1.29 is 4.74 Å². The second-order valence-corrected chi connectivity index (χ2v) is 4.63. The van der Waals surface area contributed by atoms with E-state index in [0.717, 1.165) is 23.7 Å². The lowest BCUT2D eigenvalue weighted by Gasteiger charge is -2.09. The van der Waals surface area contributed by atoms with Crippen LogP contribution in [-0.4, -0.2) is 14.8 Å². The van der Waals surface area contributed by atoms with E-state index in [0.29, 0.717) is 11.4 Å². The molecule has 2 rings (SSSR count). The summed E-state index contributed by atoms with van der Waals surface area (Å²) in [6.07, 6.45) is 0. The van der Waals surface area contributed by atoms with Crippen LogP contribution in [-0.2, 0) is 13.2 Å². The highest BCUT2D eigenvalue weighted by molar-refractivity contribution is 7.71. The molecule has 0 unspecified atom stereocenters. The van der Waals surface area contributed by atoms with Crippen LogP contribution in [0.2, 0.25) is 0 Å². The lowest BCUT2D eigenvalue weighted by Crippen LogP contribution is -2.06. The Morgan fingerprint density at radius 2 is 2.17 bits per heavy atom. The van der Waals surface area contributed by atoms with E-state index in [-0.39, 0.29) is 0 Å². The zero-order valence-electron chi connectivity index (χ0n) is 10.9. The predicted molar refractivity (Wildman–Crippen MR) is 73.3 cm³/mol. The van der Waals surface area contributed by atoms with Gasteiger partial charge >= 0.3 is 0 Å². The highest BCUT2D eigenvalue weighted by atomic mass is 32.1. The molecule has 1 aromatic carbocycles. The van der Waals surface area contributed by atoms with E-state index in [4.69, 9.17) is 17.0 Å². The van der Waals surface area contributed by atoms with Gasteiger partial charge in [0, 0.05) is 6.54 Å². The van der Waals surface area contributed by atoms with Crippen molar-refractivity contribution in [1.29, 1.82) is 0 Å². The van der Waals surface area contributed by atoms with Crippen molar-refractivity contribution in [3.63, 3.8) is 0 Å². The van der Waals surface area contributed by atoms with Gasteiger partial charge in [-0.3, -0.25) is 5.10 Å². The van der Waals surface area contributed by atoms with Gasteiger partial charge in [0.25, 0.3) is 0 Å². The Balaban J connectivity index is 2.14. The molecular weight excluding hydrogens is 246 g/mol. The second-order valence-electron chi connectivity index (χ2n) is 4.25. The van der Waals surface area contributed by atoms with Crippen molar-refractivity contribution in [3.8, 4) is 5.75 Å². The van der Waals surface area contributed by atoms with Gasteiger partial charge in [0.05, 0.1) is 0 Å². The van der Waals surface area contributed by atoms with Gasteiger partial charge in [-0.2, -0.15) is 5.10 Å². The van der Waals surface area contributed by atoms with E-state index in [2.05, 4.69) is 23.2 Å². The fourth-order valence-corrected chi connectivity index (χ4v) is 2.17. The van der Waals surface area contributed by atoms with E-state index in [9.17, 15) is 0 Å². The van der Waals surface area contributed by atoms with Gasteiger partial charge in [0.15, 0.2) is 10.6 Å². The number of aromatic amines is 1. The minimum atomic E-state index is 0.422. The van der Waals surface area contributed by atoms with Crippen LogP contribution in [0.3, 0.4) is 0 Å². The Morgan fingerprint density at radius 3 is 2.83 bits per heavy atom. The summed E-state index contributed by atoms with van der Waals surface area (Å²) in [6, 6.07) is 6.13. The maximum Gasteiger partial charge on any atom is 0.195 e. The Bertz CT molecular complexity index is 601. The minimum Gasteiger partial charge on any atom is -0.485 e. The van der Waals surface area contributed by atoms with Crippen molar-refractivity contribution >= 4 is 12.2 Å². The number of benzene rings is 1. The van der Waals surface area contributed by atoms with Crippen molar-refractivity contribution in [3.05, 3.63) is 39.9 Å². The molecule has 18 heavy (non-hydrogen) atoms. The molecule has 0 radical (unpaired) electrons. The Hall–Kier alpha value is -1.62. The van der Waals surface area contributed by atoms with Crippen LogP contribution >= 0.6 is 12.2 Å². The largest absolute Gasteiger partial charge is 0.485 e. The average molecular weight is 263 g/mol. The monoisotopic (exact) mass is 263 g/mol. The molecule has 0 aliphatic carbocycles. The SMILES string of the molecule is CCn1c(COc2ccc(C)cc2C)n[nH]c1=S. The van der Waals surface area contributed by atoms with Crippen LogP contribution in [0.5, 0.6) is 5.75 Å². The number of nitrogens with zero attached hydrogens (tertiary/aromatic N) is 2. The van der Waals surface area contributed by atoms with E-state index >= 15 is 0 Å². The van der Waals surface area contributed by atoms with Gasteiger partial charge in [-0.25, -0.2) is 0 Å². The number of ether oxygens (including phenoxy) is 1. The normalized spacial score (nSPS) is 10.6. The fraction of sp³-hybridized carbons (Fsp3) is 0.385. The van der Waals surface area contributed by atoms with E-state index in [1.807, 2.05) is 30.5 Å². The second kappa shape index (κ2) is 5.35. The first-order valence-corrected chi connectivity index (χ1v) is 6.36. The number of aromatic nitrogens is 3. The van der Waals surface area contributed by atoms with Crippen LogP contribution in [0, 0.1) is 18.6 Å². The van der Waals surface area contributed by atoms with E-state index in [1.165, 1.54) is 5.56 Å². The summed E-state index contributed by atoms with van der Waals surface area (Å²) in [5.74, 6) is 1.71. The number of H-pyrrole nitrogens is 1. The fourth-order valence-electron chi connectivity index (χ4n) is 1.89. The maximum atomic E-state index is 5.78. The molecule has 0 aliphatic rings. The van der Waals surface area contributed by atoms with Crippen molar-refractivity contribution in [2.24, 2.45) is 0 Å². The molecule has 96 valence electrons. The third-order valence-corrected chi connectivity index (χ3v) is 3.15. The predicted octanol–water partition coefficient (Wildman–Crippen LogP) is 3.16. The Kier molecular flexibility index (Phi) is 3.81.